The molecule has 31 heavy (non-hydrogen) atoms. The van der Waals surface area contributed by atoms with Crippen LogP contribution < -0.4 is 0 Å². The normalized spacial score (nSPS) is 10.9. The molecule has 0 atom stereocenters. The number of aromatic nitrogens is 2. The van der Waals surface area contributed by atoms with Crippen LogP contribution in [0.25, 0.3) is 33.9 Å². The minimum atomic E-state index is -0.294. The molecule has 5 rings (SSSR count). The van der Waals surface area contributed by atoms with E-state index in [1.807, 2.05) is 54.6 Å². The maximum atomic E-state index is 14.4. The number of hydrogen-bond acceptors (Lipinski definition) is 2. The highest BCUT2D eigenvalue weighted by Gasteiger charge is 2.17. The molecule has 0 saturated heterocycles. The summed E-state index contributed by atoms with van der Waals surface area (Å²) in [5, 5.41) is 0. The second-order valence-electron chi connectivity index (χ2n) is 7.09. The molecule has 2 nitrogen and oxygen atoms in total. The molecule has 0 aliphatic heterocycles. The summed E-state index contributed by atoms with van der Waals surface area (Å²) in [6, 6.07) is 35.3. The van der Waals surface area contributed by atoms with Gasteiger partial charge in [-0.05, 0) is 36.4 Å². The van der Waals surface area contributed by atoms with Gasteiger partial charge in [0.2, 0.25) is 0 Å². The minimum Gasteiger partial charge on any atom is -0.337 e. The van der Waals surface area contributed by atoms with Crippen molar-refractivity contribution in [3.63, 3.8) is 0 Å². The van der Waals surface area contributed by atoms with E-state index in [4.69, 9.17) is 4.98 Å². The van der Waals surface area contributed by atoms with E-state index in [1.165, 1.54) is 11.0 Å². The van der Waals surface area contributed by atoms with Gasteiger partial charge in [-0.15, -0.1) is 0 Å². The van der Waals surface area contributed by atoms with Crippen molar-refractivity contribution in [3.05, 3.63) is 115 Å². The first kappa shape index (κ1) is 19.3. The molecule has 0 spiro atoms. The van der Waals surface area contributed by atoms with Crippen molar-refractivity contribution < 1.29 is 4.39 Å². The first-order valence-electron chi connectivity index (χ1n) is 10.0. The van der Waals surface area contributed by atoms with E-state index in [-0.39, 0.29) is 5.82 Å². The molecular weight excluding hydrogens is 403 g/mol. The zero-order chi connectivity index (χ0) is 21.0. The largest absolute Gasteiger partial charge is 0.337 e. The molecule has 150 valence electrons. The Morgan fingerprint density at radius 2 is 1.23 bits per heavy atom. The zero-order valence-corrected chi connectivity index (χ0v) is 17.4. The van der Waals surface area contributed by atoms with E-state index < -0.39 is 0 Å². The first-order chi connectivity index (χ1) is 15.3. The van der Waals surface area contributed by atoms with Gasteiger partial charge < -0.3 is 4.98 Å². The maximum absolute atomic E-state index is 14.4. The van der Waals surface area contributed by atoms with Gasteiger partial charge in [-0.2, -0.15) is 0 Å². The van der Waals surface area contributed by atoms with Gasteiger partial charge in [0.15, 0.2) is 0 Å². The Kier molecular flexibility index (Phi) is 5.38. The molecule has 0 saturated carbocycles. The fourth-order valence-corrected chi connectivity index (χ4v) is 4.32. The summed E-state index contributed by atoms with van der Waals surface area (Å²) in [5.41, 5.74) is 4.13. The van der Waals surface area contributed by atoms with Crippen LogP contribution in [0.1, 0.15) is 0 Å². The van der Waals surface area contributed by atoms with Gasteiger partial charge in [-0.25, -0.2) is 9.37 Å². The standard InChI is InChI=1S/C27H19FN2S/c28-24-14-8-7-13-23(24)27-29-25(19-9-3-1-4-10-19)26(30-27)20-15-17-22(18-16-20)31-21-11-5-2-6-12-21/h1-18H,(H,29,30). The molecule has 5 aromatic rings. The Hall–Kier alpha value is -3.63. The third-order valence-corrected chi connectivity index (χ3v) is 6.02. The van der Waals surface area contributed by atoms with Gasteiger partial charge >= 0.3 is 0 Å². The molecule has 1 heterocycles. The SMILES string of the molecule is Fc1ccccc1-c1nc(-c2ccccc2)c(-c2ccc(Sc3ccccc3)cc2)[nH]1. The average molecular weight is 423 g/mol. The van der Waals surface area contributed by atoms with E-state index in [1.54, 1.807) is 23.9 Å². The highest BCUT2D eigenvalue weighted by molar-refractivity contribution is 7.99. The Balaban J connectivity index is 1.55. The van der Waals surface area contributed by atoms with E-state index in [0.717, 1.165) is 27.4 Å². The Morgan fingerprint density at radius 1 is 0.613 bits per heavy atom. The summed E-state index contributed by atoms with van der Waals surface area (Å²) in [6.07, 6.45) is 0. The zero-order valence-electron chi connectivity index (χ0n) is 16.6. The molecule has 0 bridgehead atoms. The number of aromatic amines is 1. The van der Waals surface area contributed by atoms with Crippen LogP contribution in [0.5, 0.6) is 0 Å². The fourth-order valence-electron chi connectivity index (χ4n) is 3.48. The van der Waals surface area contributed by atoms with Gasteiger partial charge in [-0.3, -0.25) is 0 Å². The number of halogens is 1. The van der Waals surface area contributed by atoms with Crippen LogP contribution in [-0.2, 0) is 0 Å². The predicted octanol–water partition coefficient (Wildman–Crippen LogP) is 7.70. The van der Waals surface area contributed by atoms with Crippen molar-refractivity contribution >= 4 is 11.8 Å². The van der Waals surface area contributed by atoms with Crippen LogP contribution in [0.15, 0.2) is 119 Å². The van der Waals surface area contributed by atoms with Crippen molar-refractivity contribution in [2.75, 3.05) is 0 Å². The van der Waals surface area contributed by atoms with Crippen molar-refractivity contribution in [3.8, 4) is 33.9 Å². The predicted molar refractivity (Wildman–Crippen MR) is 125 cm³/mol. The number of rotatable bonds is 5. The summed E-state index contributed by atoms with van der Waals surface area (Å²) in [7, 11) is 0. The Bertz CT molecular complexity index is 1300. The summed E-state index contributed by atoms with van der Waals surface area (Å²) in [4.78, 5) is 10.5. The Morgan fingerprint density at radius 3 is 1.94 bits per heavy atom. The van der Waals surface area contributed by atoms with E-state index in [2.05, 4.69) is 41.4 Å². The molecule has 0 fully saturated rings. The molecular formula is C27H19FN2S. The topological polar surface area (TPSA) is 28.7 Å². The second-order valence-corrected chi connectivity index (χ2v) is 8.24. The maximum Gasteiger partial charge on any atom is 0.141 e. The van der Waals surface area contributed by atoms with Crippen LogP contribution in [0.2, 0.25) is 0 Å². The smallest absolute Gasteiger partial charge is 0.141 e. The van der Waals surface area contributed by atoms with Crippen LogP contribution in [-0.4, -0.2) is 9.97 Å². The van der Waals surface area contributed by atoms with Crippen molar-refractivity contribution in [2.45, 2.75) is 9.79 Å². The van der Waals surface area contributed by atoms with Gasteiger partial charge in [0.05, 0.1) is 17.0 Å². The number of nitrogens with zero attached hydrogens (tertiary/aromatic N) is 1. The quantitative estimate of drug-likeness (QED) is 0.314. The third-order valence-electron chi connectivity index (χ3n) is 5.00. The highest BCUT2D eigenvalue weighted by atomic mass is 32.2. The molecule has 0 unspecified atom stereocenters. The summed E-state index contributed by atoms with van der Waals surface area (Å²) < 4.78 is 14.4. The van der Waals surface area contributed by atoms with Gasteiger partial charge in [0.25, 0.3) is 0 Å². The second kappa shape index (κ2) is 8.62. The number of benzene rings is 4. The number of H-pyrrole nitrogens is 1. The highest BCUT2D eigenvalue weighted by Crippen LogP contribution is 2.35. The van der Waals surface area contributed by atoms with Crippen LogP contribution in [0.3, 0.4) is 0 Å². The van der Waals surface area contributed by atoms with Crippen LogP contribution >= 0.6 is 11.8 Å². The molecule has 1 aromatic heterocycles. The molecule has 0 amide bonds. The molecule has 0 aliphatic carbocycles. The van der Waals surface area contributed by atoms with Crippen molar-refractivity contribution in [1.29, 1.82) is 0 Å². The summed E-state index contributed by atoms with van der Waals surface area (Å²) in [5.74, 6) is 0.228. The summed E-state index contributed by atoms with van der Waals surface area (Å²) in [6.45, 7) is 0. The molecule has 0 radical (unpaired) electrons. The number of hydrogen-bond donors (Lipinski definition) is 1. The van der Waals surface area contributed by atoms with E-state index in [0.29, 0.717) is 11.4 Å². The van der Waals surface area contributed by atoms with Crippen LogP contribution in [0.4, 0.5) is 4.39 Å². The van der Waals surface area contributed by atoms with Crippen molar-refractivity contribution in [2.24, 2.45) is 0 Å². The van der Waals surface area contributed by atoms with Crippen molar-refractivity contribution in [1.82, 2.24) is 9.97 Å². The van der Waals surface area contributed by atoms with Crippen LogP contribution in [0, 0.1) is 5.82 Å². The molecule has 1 N–H and O–H groups in total. The third kappa shape index (κ3) is 4.16. The lowest BCUT2D eigenvalue weighted by Gasteiger charge is -2.05. The molecule has 4 aromatic carbocycles. The Labute approximate surface area is 184 Å². The fraction of sp³-hybridized carbons (Fsp3) is 0. The van der Waals surface area contributed by atoms with Gasteiger partial charge in [0, 0.05) is 20.9 Å². The minimum absolute atomic E-state index is 0.294. The molecule has 0 aliphatic rings. The van der Waals surface area contributed by atoms with E-state index >= 15 is 0 Å². The van der Waals surface area contributed by atoms with E-state index in [9.17, 15) is 4.39 Å². The molecule has 4 heteroatoms. The van der Waals surface area contributed by atoms with Gasteiger partial charge in [-0.1, -0.05) is 84.6 Å². The first-order valence-corrected chi connectivity index (χ1v) is 10.8. The van der Waals surface area contributed by atoms with Gasteiger partial charge in [0.1, 0.15) is 11.6 Å². The lowest BCUT2D eigenvalue weighted by molar-refractivity contribution is 0.630. The lowest BCUT2D eigenvalue weighted by atomic mass is 10.1. The number of imidazole rings is 1. The summed E-state index contributed by atoms with van der Waals surface area (Å²) >= 11 is 1.72. The number of nitrogens with one attached hydrogen (secondary N) is 1. The monoisotopic (exact) mass is 422 g/mol. The average Bonchev–Trinajstić information content (AvgIpc) is 3.26. The lowest BCUT2D eigenvalue weighted by Crippen LogP contribution is -1.85.